The summed E-state index contributed by atoms with van der Waals surface area (Å²) < 4.78 is 6.50. The Morgan fingerprint density at radius 1 is 1.24 bits per heavy atom. The molecular weight excluding hydrogens is 402 g/mol. The molecule has 7 heteroatoms. The Kier molecular flexibility index (Phi) is 7.08. The predicted octanol–water partition coefficient (Wildman–Crippen LogP) is 3.76. The molecule has 1 heterocycles. The van der Waals surface area contributed by atoms with Gasteiger partial charge in [-0.1, -0.05) is 70.2 Å². The number of likely N-dealkylation sites (tertiary alicyclic amines) is 1. The minimum atomic E-state index is -1.47. The van der Waals surface area contributed by atoms with E-state index >= 15 is 0 Å². The Balaban J connectivity index is 2.48. The summed E-state index contributed by atoms with van der Waals surface area (Å²) in [5, 5.41) is 9.37. The topological polar surface area (TPSA) is 66.8 Å². The molecule has 1 saturated heterocycles. The molecule has 0 bridgehead atoms. The van der Waals surface area contributed by atoms with E-state index in [1.54, 1.807) is 0 Å². The third-order valence-electron chi connectivity index (χ3n) is 6.10. The highest BCUT2D eigenvalue weighted by atomic mass is 32.1. The van der Waals surface area contributed by atoms with Crippen LogP contribution in [-0.4, -0.2) is 54.0 Å². The number of hydrogen-bond donors (Lipinski definition) is 1. The van der Waals surface area contributed by atoms with E-state index in [0.29, 0.717) is 0 Å². The highest BCUT2D eigenvalue weighted by Crippen LogP contribution is 2.49. The summed E-state index contributed by atoms with van der Waals surface area (Å²) in [6.45, 7) is 14.1. The molecule has 0 aliphatic carbocycles. The van der Waals surface area contributed by atoms with Gasteiger partial charge in [0.15, 0.2) is 9.04 Å². The SMILES string of the molecule is C[C@@H](C(=S)c1ccccc1)[C@@H]1[C@@H]([C@@](C)(O[SiH](C)C)C(C)(C)C)C(=O)N1CC(=O)O. The van der Waals surface area contributed by atoms with Crippen LogP contribution in [-0.2, 0) is 14.0 Å². The van der Waals surface area contributed by atoms with Crippen LogP contribution in [0.25, 0.3) is 0 Å². The summed E-state index contributed by atoms with van der Waals surface area (Å²) >= 11 is 5.76. The molecule has 2 rings (SSSR count). The minimum absolute atomic E-state index is 0.160. The average molecular weight is 436 g/mol. The van der Waals surface area contributed by atoms with Crippen LogP contribution in [0.2, 0.25) is 13.1 Å². The third kappa shape index (κ3) is 4.62. The molecule has 29 heavy (non-hydrogen) atoms. The molecule has 5 nitrogen and oxygen atoms in total. The van der Waals surface area contributed by atoms with Crippen LogP contribution in [0, 0.1) is 17.3 Å². The van der Waals surface area contributed by atoms with Crippen molar-refractivity contribution in [1.29, 1.82) is 0 Å². The van der Waals surface area contributed by atoms with Crippen LogP contribution in [0.5, 0.6) is 0 Å². The second-order valence-electron chi connectivity index (χ2n) is 9.37. The van der Waals surface area contributed by atoms with Gasteiger partial charge in [-0.15, -0.1) is 0 Å². The van der Waals surface area contributed by atoms with Gasteiger partial charge >= 0.3 is 5.97 Å². The first-order chi connectivity index (χ1) is 13.3. The smallest absolute Gasteiger partial charge is 0.323 e. The second kappa shape index (κ2) is 8.66. The maximum Gasteiger partial charge on any atom is 0.323 e. The Labute approximate surface area is 181 Å². The van der Waals surface area contributed by atoms with Gasteiger partial charge in [0.2, 0.25) is 5.91 Å². The normalized spacial score (nSPS) is 22.8. The Morgan fingerprint density at radius 3 is 2.24 bits per heavy atom. The number of aliphatic carboxylic acids is 1. The fourth-order valence-electron chi connectivity index (χ4n) is 4.25. The number of thiocarbonyl (C=S) groups is 1. The van der Waals surface area contributed by atoms with Gasteiger partial charge < -0.3 is 14.4 Å². The molecule has 1 aliphatic rings. The van der Waals surface area contributed by atoms with Crippen LogP contribution >= 0.6 is 12.2 Å². The van der Waals surface area contributed by atoms with Crippen molar-refractivity contribution >= 4 is 38.0 Å². The molecule has 0 aromatic heterocycles. The zero-order valence-corrected chi connectivity index (χ0v) is 20.4. The van der Waals surface area contributed by atoms with E-state index in [4.69, 9.17) is 16.6 Å². The number of hydrogen-bond acceptors (Lipinski definition) is 4. The lowest BCUT2D eigenvalue weighted by molar-refractivity contribution is -0.191. The molecule has 1 N–H and O–H groups in total. The van der Waals surface area contributed by atoms with E-state index < -0.39 is 26.5 Å². The van der Waals surface area contributed by atoms with E-state index in [1.165, 1.54) is 4.90 Å². The number of rotatable bonds is 8. The monoisotopic (exact) mass is 435 g/mol. The van der Waals surface area contributed by atoms with E-state index in [1.807, 2.05) is 44.2 Å². The first-order valence-corrected chi connectivity index (χ1v) is 13.3. The van der Waals surface area contributed by atoms with E-state index in [-0.39, 0.29) is 29.8 Å². The molecule has 1 amide bonds. The molecule has 1 aliphatic heterocycles. The Bertz CT molecular complexity index is 777. The molecular formula is C22H33NO4SSi. The van der Waals surface area contributed by atoms with Crippen molar-refractivity contribution in [2.75, 3.05) is 6.54 Å². The molecule has 160 valence electrons. The predicted molar refractivity (Wildman–Crippen MR) is 122 cm³/mol. The lowest BCUT2D eigenvalue weighted by Gasteiger charge is -2.59. The maximum absolute atomic E-state index is 13.2. The summed E-state index contributed by atoms with van der Waals surface area (Å²) in [7, 11) is -1.47. The van der Waals surface area contributed by atoms with Gasteiger partial charge in [0.25, 0.3) is 0 Å². The van der Waals surface area contributed by atoms with Crippen molar-refractivity contribution in [2.24, 2.45) is 17.3 Å². The number of amides is 1. The number of nitrogens with zero attached hydrogens (tertiary/aromatic N) is 1. The minimum Gasteiger partial charge on any atom is -0.480 e. The van der Waals surface area contributed by atoms with Gasteiger partial charge in [-0.3, -0.25) is 9.59 Å². The van der Waals surface area contributed by atoms with E-state index in [2.05, 4.69) is 33.9 Å². The highest BCUT2D eigenvalue weighted by molar-refractivity contribution is 7.80. The first-order valence-electron chi connectivity index (χ1n) is 10.1. The summed E-state index contributed by atoms with van der Waals surface area (Å²) in [5.41, 5.74) is -0.0725. The molecule has 4 atom stereocenters. The van der Waals surface area contributed by atoms with Crippen LogP contribution in [0.15, 0.2) is 30.3 Å². The summed E-state index contributed by atoms with van der Waals surface area (Å²) in [4.78, 5) is 26.8. The zero-order chi connectivity index (χ0) is 22.1. The summed E-state index contributed by atoms with van der Waals surface area (Å²) in [6.07, 6.45) is 0. The maximum atomic E-state index is 13.2. The van der Waals surface area contributed by atoms with Crippen molar-refractivity contribution in [3.8, 4) is 0 Å². The van der Waals surface area contributed by atoms with Crippen molar-refractivity contribution in [2.45, 2.75) is 59.4 Å². The van der Waals surface area contributed by atoms with Crippen molar-refractivity contribution < 1.29 is 19.1 Å². The Hall–Kier alpha value is -1.57. The largest absolute Gasteiger partial charge is 0.480 e. The summed E-state index contributed by atoms with van der Waals surface area (Å²) in [5.74, 6) is -1.79. The first kappa shape index (κ1) is 23.7. The number of carbonyl (C=O) groups is 2. The fraction of sp³-hybridized carbons (Fsp3) is 0.591. The zero-order valence-electron chi connectivity index (χ0n) is 18.4. The number of benzene rings is 1. The lowest BCUT2D eigenvalue weighted by Crippen LogP contribution is -2.74. The highest BCUT2D eigenvalue weighted by Gasteiger charge is 2.62. The standard InChI is InChI=1S/C22H33NO4SSi/c1-14(19(28)15-11-9-8-10-12-15)18-17(20(26)23(18)13-16(24)25)22(5,21(2,3)4)27-29(6)7/h8-12,14,17-18,29H,13H2,1-7H3,(H,24,25)/t14-,17-,18-,22-/m1/s1. The van der Waals surface area contributed by atoms with E-state index in [0.717, 1.165) is 10.4 Å². The molecule has 0 radical (unpaired) electrons. The number of carboxylic acids is 1. The molecule has 1 aromatic carbocycles. The molecule has 0 spiro atoms. The van der Waals surface area contributed by atoms with Crippen LogP contribution in [0.4, 0.5) is 0 Å². The van der Waals surface area contributed by atoms with E-state index in [9.17, 15) is 14.7 Å². The second-order valence-corrected chi connectivity index (χ2v) is 12.1. The molecule has 1 fully saturated rings. The molecule has 1 aromatic rings. The van der Waals surface area contributed by atoms with Gasteiger partial charge in [-0.25, -0.2) is 0 Å². The fourth-order valence-corrected chi connectivity index (χ4v) is 6.00. The molecule has 0 saturated carbocycles. The molecule has 0 unspecified atom stereocenters. The van der Waals surface area contributed by atoms with Crippen molar-refractivity contribution in [3.05, 3.63) is 35.9 Å². The van der Waals surface area contributed by atoms with Gasteiger partial charge in [-0.05, 0) is 31.0 Å². The van der Waals surface area contributed by atoms with Crippen molar-refractivity contribution in [3.63, 3.8) is 0 Å². The van der Waals surface area contributed by atoms with Crippen LogP contribution < -0.4 is 0 Å². The average Bonchev–Trinajstić information content (AvgIpc) is 2.61. The van der Waals surface area contributed by atoms with Gasteiger partial charge in [-0.2, -0.15) is 0 Å². The third-order valence-corrected chi connectivity index (χ3v) is 7.67. The lowest BCUT2D eigenvalue weighted by atomic mass is 9.61. The van der Waals surface area contributed by atoms with Crippen LogP contribution in [0.3, 0.4) is 0 Å². The van der Waals surface area contributed by atoms with Gasteiger partial charge in [0, 0.05) is 10.8 Å². The van der Waals surface area contributed by atoms with Gasteiger partial charge in [0.1, 0.15) is 6.54 Å². The summed E-state index contributed by atoms with van der Waals surface area (Å²) in [6, 6.07) is 9.38. The number of carboxylic acid groups (broad SMARTS) is 1. The van der Waals surface area contributed by atoms with Crippen LogP contribution in [0.1, 0.15) is 40.2 Å². The van der Waals surface area contributed by atoms with Crippen molar-refractivity contribution in [1.82, 2.24) is 4.90 Å². The number of β-lactam (4-membered cyclic amide) rings is 1. The quantitative estimate of drug-likeness (QED) is 0.291. The number of carbonyl (C=O) groups excluding carboxylic acids is 1. The Morgan fingerprint density at radius 2 is 1.79 bits per heavy atom. The van der Waals surface area contributed by atoms with Gasteiger partial charge in [0.05, 0.1) is 17.6 Å².